The zero-order chi connectivity index (χ0) is 22.6. The number of halogens is 1. The third-order valence-electron chi connectivity index (χ3n) is 5.15. The maximum Gasteiger partial charge on any atom is 0.305 e. The van der Waals surface area contributed by atoms with E-state index in [-0.39, 0.29) is 36.5 Å². The molecule has 31 heavy (non-hydrogen) atoms. The zero-order valence-corrected chi connectivity index (χ0v) is 18.2. The number of esters is 2. The summed E-state index contributed by atoms with van der Waals surface area (Å²) in [6.07, 6.45) is 9.18. The number of carbonyl (C=O) groups is 2. The largest absolute Gasteiger partial charge is 0.461 e. The highest BCUT2D eigenvalue weighted by Crippen LogP contribution is 2.40. The maximum atomic E-state index is 12.1. The molecule has 0 aliphatic carbocycles. The molecule has 166 valence electrons. The highest BCUT2D eigenvalue weighted by Gasteiger charge is 2.52. The van der Waals surface area contributed by atoms with Crippen LogP contribution in [0.25, 0.3) is 11.0 Å². The lowest BCUT2D eigenvalue weighted by molar-refractivity contribution is -0.165. The quantitative estimate of drug-likeness (QED) is 0.283. The zero-order valence-electron chi connectivity index (χ0n) is 17.5. The molecule has 2 N–H and O–H groups in total. The topological polar surface area (TPSA) is 119 Å². The normalized spacial score (nSPS) is 22.9. The van der Waals surface area contributed by atoms with Crippen LogP contribution in [0.15, 0.2) is 12.3 Å². The van der Waals surface area contributed by atoms with Gasteiger partial charge in [0.05, 0.1) is 5.39 Å². The summed E-state index contributed by atoms with van der Waals surface area (Å²) in [5, 5.41) is 0.585. The smallest absolute Gasteiger partial charge is 0.305 e. The molecular weight excluding hydrogens is 424 g/mol. The highest BCUT2D eigenvalue weighted by molar-refractivity contribution is 6.28. The van der Waals surface area contributed by atoms with Crippen molar-refractivity contribution in [1.82, 2.24) is 14.5 Å². The Labute approximate surface area is 185 Å². The van der Waals surface area contributed by atoms with Gasteiger partial charge >= 0.3 is 11.9 Å². The van der Waals surface area contributed by atoms with Crippen molar-refractivity contribution in [2.75, 3.05) is 12.3 Å². The van der Waals surface area contributed by atoms with Gasteiger partial charge in [0.15, 0.2) is 0 Å². The van der Waals surface area contributed by atoms with Crippen molar-refractivity contribution in [3.8, 4) is 12.3 Å². The predicted octanol–water partition coefficient (Wildman–Crippen LogP) is 3.01. The van der Waals surface area contributed by atoms with Gasteiger partial charge in [0.25, 0.3) is 0 Å². The molecule has 1 aliphatic rings. The van der Waals surface area contributed by atoms with E-state index in [1.54, 1.807) is 16.8 Å². The second-order valence-corrected chi connectivity index (χ2v) is 7.73. The summed E-state index contributed by atoms with van der Waals surface area (Å²) in [7, 11) is 0. The highest BCUT2D eigenvalue weighted by atomic mass is 35.5. The molecule has 1 fully saturated rings. The van der Waals surface area contributed by atoms with E-state index >= 15 is 0 Å². The summed E-state index contributed by atoms with van der Waals surface area (Å²) in [5.41, 5.74) is 4.94. The summed E-state index contributed by atoms with van der Waals surface area (Å²) >= 11 is 5.96. The van der Waals surface area contributed by atoms with Crippen LogP contribution in [0, 0.1) is 12.3 Å². The van der Waals surface area contributed by atoms with Crippen molar-refractivity contribution in [1.29, 1.82) is 0 Å². The van der Waals surface area contributed by atoms with Gasteiger partial charge in [-0.25, -0.2) is 4.98 Å². The summed E-state index contributed by atoms with van der Waals surface area (Å²) in [4.78, 5) is 32.0. The minimum absolute atomic E-state index is 0.0105. The van der Waals surface area contributed by atoms with Crippen molar-refractivity contribution in [2.24, 2.45) is 0 Å². The van der Waals surface area contributed by atoms with Crippen LogP contribution in [0.1, 0.15) is 52.2 Å². The minimum atomic E-state index is -1.43. The third kappa shape index (κ3) is 4.92. The monoisotopic (exact) mass is 448 g/mol. The number of rotatable bonds is 8. The molecule has 10 heteroatoms. The van der Waals surface area contributed by atoms with E-state index in [2.05, 4.69) is 15.9 Å². The van der Waals surface area contributed by atoms with Gasteiger partial charge in [0.1, 0.15) is 30.4 Å². The molecule has 1 saturated heterocycles. The second-order valence-electron chi connectivity index (χ2n) is 7.40. The Balaban J connectivity index is 1.85. The Morgan fingerprint density at radius 2 is 2.23 bits per heavy atom. The van der Waals surface area contributed by atoms with Gasteiger partial charge in [0, 0.05) is 26.0 Å². The molecule has 0 saturated carbocycles. The number of terminal acetylenes is 1. The molecule has 3 heterocycles. The number of carbonyl (C=O) groups excluding carboxylic acids is 2. The van der Waals surface area contributed by atoms with E-state index in [1.807, 2.05) is 6.92 Å². The fourth-order valence-corrected chi connectivity index (χ4v) is 3.76. The number of fused-ring (bicyclic) bond motifs is 1. The number of nitrogens with two attached hydrogens (primary N) is 1. The molecule has 0 aromatic carbocycles. The Hall–Kier alpha value is -2.83. The van der Waals surface area contributed by atoms with E-state index in [9.17, 15) is 9.59 Å². The number of nitrogen functional groups attached to an aromatic ring is 1. The van der Waals surface area contributed by atoms with Crippen LogP contribution >= 0.6 is 11.6 Å². The number of hydrogen-bond donors (Lipinski definition) is 1. The molecule has 2 aromatic heterocycles. The van der Waals surface area contributed by atoms with Gasteiger partial charge in [-0.2, -0.15) is 4.98 Å². The van der Waals surface area contributed by atoms with Crippen LogP contribution in [-0.4, -0.2) is 44.8 Å². The first-order valence-corrected chi connectivity index (χ1v) is 10.5. The summed E-state index contributed by atoms with van der Waals surface area (Å²) < 4.78 is 18.7. The van der Waals surface area contributed by atoms with Crippen LogP contribution in [0.2, 0.25) is 5.28 Å². The molecule has 3 atom stereocenters. The lowest BCUT2D eigenvalue weighted by Gasteiger charge is -2.28. The van der Waals surface area contributed by atoms with Gasteiger partial charge in [-0.3, -0.25) is 9.59 Å². The van der Waals surface area contributed by atoms with Crippen molar-refractivity contribution < 1.29 is 23.8 Å². The van der Waals surface area contributed by atoms with E-state index in [0.717, 1.165) is 19.3 Å². The molecular formula is C21H25ClN4O5. The Bertz CT molecular complexity index is 1020. The first-order valence-electron chi connectivity index (χ1n) is 10.1. The van der Waals surface area contributed by atoms with E-state index in [0.29, 0.717) is 11.0 Å². The van der Waals surface area contributed by atoms with Crippen LogP contribution in [-0.2, 0) is 23.8 Å². The van der Waals surface area contributed by atoms with Gasteiger partial charge < -0.3 is 24.5 Å². The fraction of sp³-hybridized carbons (Fsp3) is 0.524. The number of anilines is 1. The fourth-order valence-electron chi connectivity index (χ4n) is 3.59. The van der Waals surface area contributed by atoms with Gasteiger partial charge in [-0.05, 0) is 24.1 Å². The first kappa shape index (κ1) is 22.8. The standard InChI is InChI=1S/C21H25ClN4O5/c1-4-6-7-8-17(28)29-12-21(5-2)15(30-13(3)27)11-16(31-21)26-10-9-14-18(23)24-20(22)25-19(14)26/h2,9-10,15-16H,4,6-8,11-12H2,1,3H3,(H2,23,24,25)/t15-,16+,21+/m0/s1. The van der Waals surface area contributed by atoms with E-state index in [1.165, 1.54) is 6.92 Å². The van der Waals surface area contributed by atoms with Gasteiger partial charge in [0.2, 0.25) is 10.9 Å². The van der Waals surface area contributed by atoms with Crippen LogP contribution in [0.5, 0.6) is 0 Å². The molecule has 9 nitrogen and oxygen atoms in total. The predicted molar refractivity (Wildman–Crippen MR) is 114 cm³/mol. The number of aromatic nitrogens is 3. The SMILES string of the molecule is C#C[C@]1(COC(=O)CCCCC)O[C@@H](n2ccc3c(N)nc(Cl)nc32)C[C@@H]1OC(C)=O. The van der Waals surface area contributed by atoms with Crippen LogP contribution in [0.3, 0.4) is 0 Å². The van der Waals surface area contributed by atoms with E-state index in [4.69, 9.17) is 38.0 Å². The molecule has 0 amide bonds. The number of unbranched alkanes of at least 4 members (excludes halogenated alkanes) is 2. The molecule has 0 radical (unpaired) electrons. The average Bonchev–Trinajstić information content (AvgIpc) is 3.28. The van der Waals surface area contributed by atoms with Crippen molar-refractivity contribution >= 4 is 40.4 Å². The summed E-state index contributed by atoms with van der Waals surface area (Å²) in [5.74, 6) is 1.88. The van der Waals surface area contributed by atoms with Gasteiger partial charge in [-0.15, -0.1) is 6.42 Å². The molecule has 1 aliphatic heterocycles. The molecule has 0 spiro atoms. The van der Waals surface area contributed by atoms with Crippen molar-refractivity contribution in [3.05, 3.63) is 17.5 Å². The van der Waals surface area contributed by atoms with Crippen LogP contribution < -0.4 is 5.73 Å². The lowest BCUT2D eigenvalue weighted by Crippen LogP contribution is -2.45. The second kappa shape index (κ2) is 9.54. The molecule has 0 unspecified atom stereocenters. The summed E-state index contributed by atoms with van der Waals surface area (Å²) in [6, 6.07) is 1.73. The lowest BCUT2D eigenvalue weighted by atomic mass is 9.98. The third-order valence-corrected chi connectivity index (χ3v) is 5.32. The van der Waals surface area contributed by atoms with E-state index < -0.39 is 23.9 Å². The molecule has 3 rings (SSSR count). The van der Waals surface area contributed by atoms with Gasteiger partial charge in [-0.1, -0.05) is 25.7 Å². The molecule has 0 bridgehead atoms. The minimum Gasteiger partial charge on any atom is -0.461 e. The number of nitrogens with zero attached hydrogens (tertiary/aromatic N) is 3. The van der Waals surface area contributed by atoms with Crippen molar-refractivity contribution in [2.45, 2.75) is 63.9 Å². The Morgan fingerprint density at radius 3 is 2.90 bits per heavy atom. The summed E-state index contributed by atoms with van der Waals surface area (Å²) in [6.45, 7) is 3.09. The van der Waals surface area contributed by atoms with Crippen molar-refractivity contribution in [3.63, 3.8) is 0 Å². The Morgan fingerprint density at radius 1 is 1.45 bits per heavy atom. The van der Waals surface area contributed by atoms with Crippen LogP contribution in [0.4, 0.5) is 5.82 Å². The number of hydrogen-bond acceptors (Lipinski definition) is 8. The molecule has 2 aromatic rings. The first-order chi connectivity index (χ1) is 14.8. The number of ether oxygens (including phenoxy) is 3. The Kier molecular flexibility index (Phi) is 7.03. The average molecular weight is 449 g/mol. The maximum absolute atomic E-state index is 12.1.